The van der Waals surface area contributed by atoms with Crippen molar-refractivity contribution in [3.8, 4) is 0 Å². The lowest BCUT2D eigenvalue weighted by molar-refractivity contribution is -0.131. The molecule has 72 valence electrons. The first kappa shape index (κ1) is 9.83. The van der Waals surface area contributed by atoms with Crippen LogP contribution in [0.25, 0.3) is 0 Å². The molecule has 0 spiro atoms. The van der Waals surface area contributed by atoms with Gasteiger partial charge >= 0.3 is 6.18 Å². The zero-order chi connectivity index (χ0) is 9.73. The molecule has 0 fully saturated rings. The first-order valence-corrected chi connectivity index (χ1v) is 3.78. The molecule has 0 amide bonds. The maximum Gasteiger partial charge on any atom is 0.390 e. The van der Waals surface area contributed by atoms with E-state index >= 15 is 0 Å². The SMILES string of the molecule is FC(F)(F)CCNc1ccncc1. The number of hydrogen-bond acceptors (Lipinski definition) is 2. The predicted molar refractivity (Wildman–Crippen MR) is 43.4 cm³/mol. The van der Waals surface area contributed by atoms with E-state index in [9.17, 15) is 13.2 Å². The Morgan fingerprint density at radius 3 is 2.38 bits per heavy atom. The Hall–Kier alpha value is -1.26. The largest absolute Gasteiger partial charge is 0.390 e. The Bertz CT molecular complexity index is 245. The number of rotatable bonds is 3. The van der Waals surface area contributed by atoms with Crippen LogP contribution in [-0.2, 0) is 0 Å². The predicted octanol–water partition coefficient (Wildman–Crippen LogP) is 2.45. The number of halogens is 3. The second-order valence-electron chi connectivity index (χ2n) is 2.53. The average Bonchev–Trinajstić information content (AvgIpc) is 2.04. The molecule has 0 aliphatic carbocycles. The van der Waals surface area contributed by atoms with Gasteiger partial charge in [-0.2, -0.15) is 13.2 Å². The van der Waals surface area contributed by atoms with Gasteiger partial charge in [0.2, 0.25) is 0 Å². The lowest BCUT2D eigenvalue weighted by Gasteiger charge is -2.07. The van der Waals surface area contributed by atoms with Crippen LogP contribution in [-0.4, -0.2) is 17.7 Å². The highest BCUT2D eigenvalue weighted by molar-refractivity contribution is 5.40. The second kappa shape index (κ2) is 4.11. The quantitative estimate of drug-likeness (QED) is 0.791. The van der Waals surface area contributed by atoms with E-state index in [4.69, 9.17) is 0 Å². The zero-order valence-electron chi connectivity index (χ0n) is 6.80. The first-order chi connectivity index (χ1) is 6.08. The fourth-order valence-electron chi connectivity index (χ4n) is 0.818. The Labute approximate surface area is 73.8 Å². The van der Waals surface area contributed by atoms with Crippen molar-refractivity contribution in [1.29, 1.82) is 0 Å². The minimum Gasteiger partial charge on any atom is -0.385 e. The van der Waals surface area contributed by atoms with Crippen LogP contribution in [0.15, 0.2) is 24.5 Å². The highest BCUT2D eigenvalue weighted by atomic mass is 19.4. The number of aromatic nitrogens is 1. The third-order valence-electron chi connectivity index (χ3n) is 1.42. The fourth-order valence-corrected chi connectivity index (χ4v) is 0.818. The molecule has 0 unspecified atom stereocenters. The molecule has 0 saturated carbocycles. The van der Waals surface area contributed by atoms with Gasteiger partial charge in [0.15, 0.2) is 0 Å². The van der Waals surface area contributed by atoms with E-state index in [1.165, 1.54) is 12.4 Å². The molecule has 2 nitrogen and oxygen atoms in total. The summed E-state index contributed by atoms with van der Waals surface area (Å²) < 4.78 is 35.1. The minimum atomic E-state index is -4.10. The summed E-state index contributed by atoms with van der Waals surface area (Å²) in [6.07, 6.45) is -1.87. The van der Waals surface area contributed by atoms with Gasteiger partial charge in [-0.25, -0.2) is 0 Å². The standard InChI is InChI=1S/C8H9F3N2/c9-8(10,11)3-6-13-7-1-4-12-5-2-7/h1-2,4-5H,3,6H2,(H,12,13). The van der Waals surface area contributed by atoms with Crippen LogP contribution < -0.4 is 5.32 Å². The van der Waals surface area contributed by atoms with Crippen LogP contribution in [0.2, 0.25) is 0 Å². The number of nitrogens with zero attached hydrogens (tertiary/aromatic N) is 1. The molecule has 1 rings (SSSR count). The van der Waals surface area contributed by atoms with Gasteiger partial charge in [0.05, 0.1) is 6.42 Å². The van der Waals surface area contributed by atoms with Gasteiger partial charge in [-0.3, -0.25) is 4.98 Å². The van der Waals surface area contributed by atoms with Crippen molar-refractivity contribution in [3.63, 3.8) is 0 Å². The number of pyridine rings is 1. The summed E-state index contributed by atoms with van der Waals surface area (Å²) >= 11 is 0. The molecule has 13 heavy (non-hydrogen) atoms. The third kappa shape index (κ3) is 4.35. The maximum atomic E-state index is 11.7. The normalized spacial score (nSPS) is 11.3. The van der Waals surface area contributed by atoms with E-state index in [1.807, 2.05) is 0 Å². The van der Waals surface area contributed by atoms with Crippen LogP contribution in [0.1, 0.15) is 6.42 Å². The Morgan fingerprint density at radius 2 is 1.85 bits per heavy atom. The van der Waals surface area contributed by atoms with E-state index in [0.717, 1.165) is 0 Å². The van der Waals surface area contributed by atoms with Crippen molar-refractivity contribution in [1.82, 2.24) is 4.98 Å². The van der Waals surface area contributed by atoms with Crippen molar-refractivity contribution in [2.75, 3.05) is 11.9 Å². The van der Waals surface area contributed by atoms with E-state index < -0.39 is 12.6 Å². The Balaban J connectivity index is 2.29. The highest BCUT2D eigenvalue weighted by Crippen LogP contribution is 2.19. The molecule has 1 aromatic heterocycles. The van der Waals surface area contributed by atoms with Gasteiger partial charge in [0.1, 0.15) is 0 Å². The fraction of sp³-hybridized carbons (Fsp3) is 0.375. The van der Waals surface area contributed by atoms with E-state index in [-0.39, 0.29) is 6.54 Å². The van der Waals surface area contributed by atoms with Crippen LogP contribution in [0.4, 0.5) is 18.9 Å². The van der Waals surface area contributed by atoms with Crippen molar-refractivity contribution >= 4 is 5.69 Å². The van der Waals surface area contributed by atoms with E-state index in [2.05, 4.69) is 10.3 Å². The molecule has 0 radical (unpaired) electrons. The summed E-state index contributed by atoms with van der Waals surface area (Å²) in [5, 5.41) is 2.64. The van der Waals surface area contributed by atoms with E-state index in [0.29, 0.717) is 5.69 Å². The summed E-state index contributed by atoms with van der Waals surface area (Å²) in [6, 6.07) is 3.24. The highest BCUT2D eigenvalue weighted by Gasteiger charge is 2.25. The number of anilines is 1. The van der Waals surface area contributed by atoms with Crippen LogP contribution in [0.5, 0.6) is 0 Å². The van der Waals surface area contributed by atoms with Crippen molar-refractivity contribution < 1.29 is 13.2 Å². The van der Waals surface area contributed by atoms with Gasteiger partial charge < -0.3 is 5.32 Å². The van der Waals surface area contributed by atoms with Gasteiger partial charge in [0, 0.05) is 24.6 Å². The summed E-state index contributed by atoms with van der Waals surface area (Å²) in [6.45, 7) is -0.104. The van der Waals surface area contributed by atoms with Crippen LogP contribution in [0.3, 0.4) is 0 Å². The first-order valence-electron chi connectivity index (χ1n) is 3.78. The lowest BCUT2D eigenvalue weighted by Crippen LogP contribution is -2.14. The number of alkyl halides is 3. The van der Waals surface area contributed by atoms with Crippen molar-refractivity contribution in [2.24, 2.45) is 0 Å². The molecule has 1 aromatic rings. The van der Waals surface area contributed by atoms with Gasteiger partial charge in [0.25, 0.3) is 0 Å². The van der Waals surface area contributed by atoms with Crippen molar-refractivity contribution in [2.45, 2.75) is 12.6 Å². The smallest absolute Gasteiger partial charge is 0.385 e. The Kier molecular flexibility index (Phi) is 3.11. The molecule has 0 atom stereocenters. The molecule has 5 heteroatoms. The molecule has 1 N–H and O–H groups in total. The molecule has 0 saturated heterocycles. The van der Waals surface area contributed by atoms with Crippen LogP contribution >= 0.6 is 0 Å². The number of nitrogens with one attached hydrogen (secondary N) is 1. The second-order valence-corrected chi connectivity index (χ2v) is 2.53. The summed E-state index contributed by atoms with van der Waals surface area (Å²) in [4.78, 5) is 3.74. The molecular weight excluding hydrogens is 181 g/mol. The molecular formula is C8H9F3N2. The average molecular weight is 190 g/mol. The van der Waals surface area contributed by atoms with Gasteiger partial charge in [-0.05, 0) is 12.1 Å². The maximum absolute atomic E-state index is 11.7. The topological polar surface area (TPSA) is 24.9 Å². The molecule has 0 aliphatic rings. The molecule has 0 aliphatic heterocycles. The summed E-state index contributed by atoms with van der Waals surface area (Å²) in [5.74, 6) is 0. The third-order valence-corrected chi connectivity index (χ3v) is 1.42. The summed E-state index contributed by atoms with van der Waals surface area (Å²) in [5.41, 5.74) is 0.652. The Morgan fingerprint density at radius 1 is 1.23 bits per heavy atom. The summed E-state index contributed by atoms with van der Waals surface area (Å²) in [7, 11) is 0. The van der Waals surface area contributed by atoms with Crippen LogP contribution in [0, 0.1) is 0 Å². The monoisotopic (exact) mass is 190 g/mol. The van der Waals surface area contributed by atoms with Gasteiger partial charge in [-0.15, -0.1) is 0 Å². The minimum absolute atomic E-state index is 0.104. The van der Waals surface area contributed by atoms with E-state index in [1.54, 1.807) is 12.1 Å². The molecule has 0 aromatic carbocycles. The lowest BCUT2D eigenvalue weighted by atomic mass is 10.3. The molecule has 1 heterocycles. The molecule has 0 bridgehead atoms. The zero-order valence-corrected chi connectivity index (χ0v) is 6.80. The van der Waals surface area contributed by atoms with Crippen molar-refractivity contribution in [3.05, 3.63) is 24.5 Å². The van der Waals surface area contributed by atoms with Gasteiger partial charge in [-0.1, -0.05) is 0 Å². The number of hydrogen-bond donors (Lipinski definition) is 1.